The number of hydrogen-bond donors (Lipinski definition) is 1. The van der Waals surface area contributed by atoms with Crippen LogP contribution in [0.4, 0.5) is 0 Å². The fourth-order valence-electron chi connectivity index (χ4n) is 0.765. The van der Waals surface area contributed by atoms with Crippen LogP contribution in [0.1, 0.15) is 5.82 Å². The molecule has 1 aromatic rings. The maximum absolute atomic E-state index is 10.1. The molecule has 0 aromatic carbocycles. The van der Waals surface area contributed by atoms with E-state index in [4.69, 9.17) is 9.84 Å². The van der Waals surface area contributed by atoms with Crippen LogP contribution in [-0.2, 0) is 23.2 Å². The van der Waals surface area contributed by atoms with Crippen LogP contribution in [0.2, 0.25) is 0 Å². The van der Waals surface area contributed by atoms with E-state index in [1.165, 1.54) is 0 Å². The third-order valence-corrected chi connectivity index (χ3v) is 1.38. The predicted molar refractivity (Wildman–Crippen MR) is 40.5 cm³/mol. The van der Waals surface area contributed by atoms with Gasteiger partial charge in [-0.2, -0.15) is 0 Å². The number of carboxylic acids is 1. The molecule has 0 aliphatic carbocycles. The number of carbonyl (C=O) groups is 1. The molecule has 1 rings (SSSR count). The Morgan fingerprint density at radius 3 is 3.08 bits per heavy atom. The topological polar surface area (TPSA) is 64.4 Å². The van der Waals surface area contributed by atoms with E-state index >= 15 is 0 Å². The first kappa shape index (κ1) is 8.73. The molecule has 0 saturated carbocycles. The lowest BCUT2D eigenvalue weighted by atomic mass is 10.6. The van der Waals surface area contributed by atoms with Crippen LogP contribution >= 0.6 is 0 Å². The Hall–Kier alpha value is -1.36. The molecule has 0 aliphatic heterocycles. The summed E-state index contributed by atoms with van der Waals surface area (Å²) in [5, 5.41) is 8.26. The largest absolute Gasteiger partial charge is 0.480 e. The molecule has 0 radical (unpaired) electrons. The second-order valence-electron chi connectivity index (χ2n) is 2.34. The van der Waals surface area contributed by atoms with Crippen molar-refractivity contribution in [2.24, 2.45) is 7.05 Å². The lowest BCUT2D eigenvalue weighted by molar-refractivity contribution is -0.142. The molecule has 0 amide bonds. The zero-order valence-electron chi connectivity index (χ0n) is 6.73. The summed E-state index contributed by atoms with van der Waals surface area (Å²) in [4.78, 5) is 14.0. The van der Waals surface area contributed by atoms with Gasteiger partial charge in [-0.1, -0.05) is 0 Å². The van der Waals surface area contributed by atoms with E-state index in [-0.39, 0.29) is 13.2 Å². The van der Waals surface area contributed by atoms with Crippen molar-refractivity contribution in [3.63, 3.8) is 0 Å². The van der Waals surface area contributed by atoms with Gasteiger partial charge in [0.25, 0.3) is 0 Å². The van der Waals surface area contributed by atoms with Crippen molar-refractivity contribution in [3.8, 4) is 0 Å². The summed E-state index contributed by atoms with van der Waals surface area (Å²) in [6.45, 7) is -0.0529. The quantitative estimate of drug-likeness (QED) is 0.691. The summed E-state index contributed by atoms with van der Waals surface area (Å²) in [5.74, 6) is -0.250. The zero-order chi connectivity index (χ0) is 8.97. The predicted octanol–water partition coefficient (Wildman–Crippen LogP) is 0.0213. The van der Waals surface area contributed by atoms with Gasteiger partial charge < -0.3 is 14.4 Å². The van der Waals surface area contributed by atoms with Crippen molar-refractivity contribution in [2.45, 2.75) is 6.61 Å². The maximum Gasteiger partial charge on any atom is 0.329 e. The van der Waals surface area contributed by atoms with E-state index in [1.807, 2.05) is 7.05 Å². The zero-order valence-corrected chi connectivity index (χ0v) is 6.73. The van der Waals surface area contributed by atoms with Crippen LogP contribution in [0.3, 0.4) is 0 Å². The molecule has 0 unspecified atom stereocenters. The Balaban J connectivity index is 2.33. The van der Waals surface area contributed by atoms with Crippen molar-refractivity contribution >= 4 is 5.97 Å². The molecule has 5 nitrogen and oxygen atoms in total. The number of ether oxygens (including phenoxy) is 1. The van der Waals surface area contributed by atoms with Crippen molar-refractivity contribution < 1.29 is 14.6 Å². The van der Waals surface area contributed by atoms with Gasteiger partial charge >= 0.3 is 5.97 Å². The van der Waals surface area contributed by atoms with Gasteiger partial charge in [0, 0.05) is 19.4 Å². The lowest BCUT2D eigenvalue weighted by Gasteiger charge is -2.00. The Morgan fingerprint density at radius 2 is 2.58 bits per heavy atom. The first-order chi connectivity index (χ1) is 5.70. The normalized spacial score (nSPS) is 10.1. The summed E-state index contributed by atoms with van der Waals surface area (Å²) in [6, 6.07) is 0. The van der Waals surface area contributed by atoms with E-state index in [0.717, 1.165) is 5.82 Å². The molecule has 1 heterocycles. The molecule has 5 heteroatoms. The molecule has 1 N–H and O–H groups in total. The number of aromatic nitrogens is 2. The van der Waals surface area contributed by atoms with E-state index in [2.05, 4.69) is 4.98 Å². The van der Waals surface area contributed by atoms with E-state index in [0.29, 0.717) is 0 Å². The maximum atomic E-state index is 10.1. The summed E-state index contributed by atoms with van der Waals surface area (Å²) in [6.07, 6.45) is 3.42. The Labute approximate surface area is 69.6 Å². The molecule has 0 saturated heterocycles. The van der Waals surface area contributed by atoms with Gasteiger partial charge in [-0.3, -0.25) is 0 Å². The van der Waals surface area contributed by atoms with Crippen LogP contribution in [0.25, 0.3) is 0 Å². The van der Waals surface area contributed by atoms with Crippen molar-refractivity contribution in [3.05, 3.63) is 18.2 Å². The molecule has 1 aromatic heterocycles. The molecule has 0 spiro atoms. The Bertz CT molecular complexity index is 269. The average molecular weight is 170 g/mol. The highest BCUT2D eigenvalue weighted by molar-refractivity contribution is 5.67. The molecule has 0 atom stereocenters. The fraction of sp³-hybridized carbons (Fsp3) is 0.429. The third kappa shape index (κ3) is 2.35. The van der Waals surface area contributed by atoms with E-state index in [1.54, 1.807) is 17.0 Å². The molecule has 0 fully saturated rings. The number of aliphatic carboxylic acids is 1. The standard InChI is InChI=1S/C7H10N2O3/c1-9-3-2-8-6(9)4-12-5-7(10)11/h2-3H,4-5H2,1H3,(H,10,11). The Morgan fingerprint density at radius 1 is 1.83 bits per heavy atom. The van der Waals surface area contributed by atoms with Crippen LogP contribution in [0, 0.1) is 0 Å². The van der Waals surface area contributed by atoms with Gasteiger partial charge in [-0.25, -0.2) is 9.78 Å². The summed E-state index contributed by atoms with van der Waals surface area (Å²) < 4.78 is 6.62. The highest BCUT2D eigenvalue weighted by Gasteiger charge is 2.00. The third-order valence-electron chi connectivity index (χ3n) is 1.38. The SMILES string of the molecule is Cn1ccnc1COCC(=O)O. The molecule has 66 valence electrons. The van der Waals surface area contributed by atoms with Gasteiger partial charge in [-0.05, 0) is 0 Å². The molecule has 0 aliphatic rings. The fourth-order valence-corrected chi connectivity index (χ4v) is 0.765. The highest BCUT2D eigenvalue weighted by atomic mass is 16.5. The van der Waals surface area contributed by atoms with Gasteiger partial charge in [0.05, 0.1) is 0 Å². The van der Waals surface area contributed by atoms with Crippen molar-refractivity contribution in [1.82, 2.24) is 9.55 Å². The van der Waals surface area contributed by atoms with Crippen molar-refractivity contribution in [2.75, 3.05) is 6.61 Å². The molecule has 0 bridgehead atoms. The minimum absolute atomic E-state index is 0.232. The monoisotopic (exact) mass is 170 g/mol. The minimum Gasteiger partial charge on any atom is -0.480 e. The number of nitrogens with zero attached hydrogens (tertiary/aromatic N) is 2. The smallest absolute Gasteiger partial charge is 0.329 e. The number of hydrogen-bond acceptors (Lipinski definition) is 3. The first-order valence-corrected chi connectivity index (χ1v) is 3.46. The van der Waals surface area contributed by atoms with Crippen LogP contribution in [0.5, 0.6) is 0 Å². The first-order valence-electron chi connectivity index (χ1n) is 3.46. The van der Waals surface area contributed by atoms with Gasteiger partial charge in [-0.15, -0.1) is 0 Å². The van der Waals surface area contributed by atoms with Crippen LogP contribution in [0.15, 0.2) is 12.4 Å². The van der Waals surface area contributed by atoms with Gasteiger partial charge in [0.1, 0.15) is 19.0 Å². The minimum atomic E-state index is -0.968. The van der Waals surface area contributed by atoms with Crippen LogP contribution < -0.4 is 0 Å². The second kappa shape index (κ2) is 3.87. The highest BCUT2D eigenvalue weighted by Crippen LogP contribution is 1.95. The number of carboxylic acid groups (broad SMARTS) is 1. The average Bonchev–Trinajstić information content (AvgIpc) is 2.36. The van der Waals surface area contributed by atoms with Crippen LogP contribution in [-0.4, -0.2) is 27.2 Å². The number of aryl methyl sites for hydroxylation is 1. The molecular formula is C7H10N2O3. The lowest BCUT2D eigenvalue weighted by Crippen LogP contribution is -2.08. The van der Waals surface area contributed by atoms with Gasteiger partial charge in [0.2, 0.25) is 0 Å². The Kier molecular flexibility index (Phi) is 2.82. The second-order valence-corrected chi connectivity index (χ2v) is 2.34. The summed E-state index contributed by atoms with van der Waals surface area (Å²) >= 11 is 0. The molecular weight excluding hydrogens is 160 g/mol. The van der Waals surface area contributed by atoms with Gasteiger partial charge in [0.15, 0.2) is 0 Å². The van der Waals surface area contributed by atoms with Crippen molar-refractivity contribution in [1.29, 1.82) is 0 Å². The van der Waals surface area contributed by atoms with E-state index < -0.39 is 5.97 Å². The summed E-state index contributed by atoms with van der Waals surface area (Å²) in [5.41, 5.74) is 0. The number of imidazole rings is 1. The number of rotatable bonds is 4. The molecule has 12 heavy (non-hydrogen) atoms. The summed E-state index contributed by atoms with van der Waals surface area (Å²) in [7, 11) is 1.83. The van der Waals surface area contributed by atoms with E-state index in [9.17, 15) is 4.79 Å².